The first kappa shape index (κ1) is 24.9. The summed E-state index contributed by atoms with van der Waals surface area (Å²) in [7, 11) is 2.08. The van der Waals surface area contributed by atoms with Crippen LogP contribution < -0.4 is 0 Å². The Balaban J connectivity index is 2.23. The Bertz CT molecular complexity index is 319. The molecule has 0 aliphatic carbocycles. The van der Waals surface area contributed by atoms with Crippen molar-refractivity contribution in [3.05, 3.63) is 0 Å². The van der Waals surface area contributed by atoms with Gasteiger partial charge in [0.1, 0.15) is 0 Å². The van der Waals surface area contributed by atoms with Crippen molar-refractivity contribution in [3.63, 3.8) is 0 Å². The van der Waals surface area contributed by atoms with Crippen molar-refractivity contribution in [1.29, 1.82) is 0 Å². The average Bonchev–Trinajstić information content (AvgIpc) is 2.62. The topological polar surface area (TPSA) is 60.4 Å². The predicted molar refractivity (Wildman–Crippen MR) is 110 cm³/mol. The molecule has 1 rings (SSSR count). The molecular formula is C20H42BNO5. The van der Waals surface area contributed by atoms with E-state index in [9.17, 15) is 5.02 Å². The second-order valence-corrected chi connectivity index (χ2v) is 7.68. The third-order valence-corrected chi connectivity index (χ3v) is 5.07. The van der Waals surface area contributed by atoms with Gasteiger partial charge in [-0.05, 0) is 13.0 Å². The molecular weight excluding hydrogens is 345 g/mol. The first-order valence-electron chi connectivity index (χ1n) is 10.9. The summed E-state index contributed by atoms with van der Waals surface area (Å²) in [5, 5.41) is 9.89. The average molecular weight is 387 g/mol. The molecule has 1 heterocycles. The van der Waals surface area contributed by atoms with Crippen molar-refractivity contribution in [1.82, 2.24) is 4.90 Å². The van der Waals surface area contributed by atoms with Crippen molar-refractivity contribution in [2.24, 2.45) is 0 Å². The van der Waals surface area contributed by atoms with Crippen LogP contribution in [0.1, 0.15) is 71.1 Å². The molecule has 6 nitrogen and oxygen atoms in total. The molecule has 1 aliphatic heterocycles. The predicted octanol–water partition coefficient (Wildman–Crippen LogP) is 3.26. The van der Waals surface area contributed by atoms with Gasteiger partial charge in [-0.3, -0.25) is 4.90 Å². The third kappa shape index (κ3) is 12.8. The van der Waals surface area contributed by atoms with Crippen LogP contribution in [0.4, 0.5) is 0 Å². The van der Waals surface area contributed by atoms with Gasteiger partial charge in [0.25, 0.3) is 0 Å². The minimum absolute atomic E-state index is 0.184. The summed E-state index contributed by atoms with van der Waals surface area (Å²) in [6.45, 7) is 5.66. The van der Waals surface area contributed by atoms with Gasteiger partial charge in [-0.1, -0.05) is 64.7 Å². The minimum Gasteiger partial charge on any atom is -0.402 e. The molecule has 0 aromatic carbocycles. The van der Waals surface area contributed by atoms with Crippen LogP contribution in [0.5, 0.6) is 0 Å². The summed E-state index contributed by atoms with van der Waals surface area (Å²) < 4.78 is 21.5. The van der Waals surface area contributed by atoms with Crippen LogP contribution in [0.2, 0.25) is 0 Å². The van der Waals surface area contributed by atoms with Gasteiger partial charge in [-0.2, -0.15) is 0 Å². The van der Waals surface area contributed by atoms with E-state index in [4.69, 9.17) is 18.8 Å². The number of methoxy groups -OCH3 is 2. The van der Waals surface area contributed by atoms with Gasteiger partial charge in [0.05, 0.1) is 25.4 Å². The fraction of sp³-hybridized carbons (Fsp3) is 1.00. The number of hydrogen-bond donors (Lipinski definition) is 1. The molecule has 1 saturated heterocycles. The molecule has 2 atom stereocenters. The lowest BCUT2D eigenvalue weighted by Gasteiger charge is -2.34. The number of unbranched alkanes of at least 4 members (excludes halogenated alkanes) is 9. The molecule has 2 unspecified atom stereocenters. The van der Waals surface area contributed by atoms with E-state index in [2.05, 4.69) is 11.8 Å². The first-order valence-corrected chi connectivity index (χ1v) is 10.9. The quantitative estimate of drug-likeness (QED) is 0.344. The van der Waals surface area contributed by atoms with E-state index in [-0.39, 0.29) is 12.2 Å². The van der Waals surface area contributed by atoms with E-state index >= 15 is 0 Å². The van der Waals surface area contributed by atoms with Crippen molar-refractivity contribution in [2.45, 2.75) is 83.3 Å². The molecule has 0 aromatic rings. The van der Waals surface area contributed by atoms with Crippen LogP contribution >= 0.6 is 0 Å². The Kier molecular flexibility index (Phi) is 15.4. The smallest absolute Gasteiger partial charge is 0.402 e. The molecule has 0 aromatic heterocycles. The Morgan fingerprint density at radius 1 is 0.815 bits per heavy atom. The molecule has 7 heteroatoms. The van der Waals surface area contributed by atoms with Crippen LogP contribution in [0.3, 0.4) is 0 Å². The number of ether oxygens (including phenoxy) is 2. The zero-order valence-electron chi connectivity index (χ0n) is 17.9. The lowest BCUT2D eigenvalue weighted by Crippen LogP contribution is -2.50. The zero-order chi connectivity index (χ0) is 19.7. The summed E-state index contributed by atoms with van der Waals surface area (Å²) in [6.07, 6.45) is 13.0. The van der Waals surface area contributed by atoms with Gasteiger partial charge in [-0.15, -0.1) is 0 Å². The highest BCUT2D eigenvalue weighted by Crippen LogP contribution is 2.13. The van der Waals surface area contributed by atoms with E-state index in [1.165, 1.54) is 64.2 Å². The van der Waals surface area contributed by atoms with Crippen LogP contribution in [-0.4, -0.2) is 76.5 Å². The maximum atomic E-state index is 9.89. The lowest BCUT2D eigenvalue weighted by molar-refractivity contribution is -0.0476. The highest BCUT2D eigenvalue weighted by atomic mass is 16.7. The summed E-state index contributed by atoms with van der Waals surface area (Å²) in [4.78, 5) is 2.35. The Morgan fingerprint density at radius 3 is 1.70 bits per heavy atom. The molecule has 0 bridgehead atoms. The van der Waals surface area contributed by atoms with Crippen LogP contribution in [0, 0.1) is 0 Å². The molecule has 1 N–H and O–H groups in total. The second kappa shape index (κ2) is 16.7. The van der Waals surface area contributed by atoms with Gasteiger partial charge in [0.15, 0.2) is 0 Å². The highest BCUT2D eigenvalue weighted by molar-refractivity contribution is 6.34. The summed E-state index contributed by atoms with van der Waals surface area (Å²) in [6, 6.07) is 0. The van der Waals surface area contributed by atoms with E-state index < -0.39 is 7.32 Å². The molecule has 0 radical (unpaired) electrons. The van der Waals surface area contributed by atoms with Gasteiger partial charge in [0, 0.05) is 27.3 Å². The van der Waals surface area contributed by atoms with Gasteiger partial charge in [-0.25, -0.2) is 0 Å². The van der Waals surface area contributed by atoms with Crippen LogP contribution in [0.25, 0.3) is 0 Å². The standard InChI is InChI=1S/C20H42BNO5/c1-4-5-6-7-8-9-10-11-12-13-14-22-15-19(17-24-2)26-21(23)27-20(16-22)18-25-3/h19-20,23H,4-18H2,1-3H3. The Labute approximate surface area is 167 Å². The maximum absolute atomic E-state index is 9.89. The van der Waals surface area contributed by atoms with E-state index in [0.717, 1.165) is 19.6 Å². The zero-order valence-corrected chi connectivity index (χ0v) is 17.9. The van der Waals surface area contributed by atoms with Crippen molar-refractivity contribution in [2.75, 3.05) is 47.1 Å². The SMILES string of the molecule is CCCCCCCCCCCCN1CC(COC)OB(O)OC(COC)C1. The van der Waals surface area contributed by atoms with Crippen LogP contribution in [-0.2, 0) is 18.8 Å². The lowest BCUT2D eigenvalue weighted by atomic mass is 10.1. The monoisotopic (exact) mass is 387 g/mol. The largest absolute Gasteiger partial charge is 0.637 e. The number of rotatable bonds is 15. The van der Waals surface area contributed by atoms with E-state index in [1.807, 2.05) is 0 Å². The summed E-state index contributed by atoms with van der Waals surface area (Å²) in [5.41, 5.74) is 0. The highest BCUT2D eigenvalue weighted by Gasteiger charge is 2.31. The number of nitrogens with zero attached hydrogens (tertiary/aromatic N) is 1. The van der Waals surface area contributed by atoms with Gasteiger partial charge in [0.2, 0.25) is 0 Å². The second-order valence-electron chi connectivity index (χ2n) is 7.68. The van der Waals surface area contributed by atoms with Gasteiger partial charge >= 0.3 is 7.32 Å². The number of hydrogen-bond acceptors (Lipinski definition) is 6. The van der Waals surface area contributed by atoms with Gasteiger partial charge < -0.3 is 23.8 Å². The normalized spacial score (nSPS) is 22.0. The van der Waals surface area contributed by atoms with E-state index in [0.29, 0.717) is 13.2 Å². The first-order chi connectivity index (χ1) is 13.2. The molecule has 0 amide bonds. The molecule has 1 aliphatic rings. The molecule has 0 spiro atoms. The molecule has 160 valence electrons. The van der Waals surface area contributed by atoms with Crippen LogP contribution in [0.15, 0.2) is 0 Å². The maximum Gasteiger partial charge on any atom is 0.637 e. The van der Waals surface area contributed by atoms with E-state index in [1.54, 1.807) is 14.2 Å². The summed E-state index contributed by atoms with van der Waals surface area (Å²) in [5.74, 6) is 0. The minimum atomic E-state index is -1.22. The van der Waals surface area contributed by atoms with Crippen molar-refractivity contribution < 1.29 is 23.8 Å². The fourth-order valence-corrected chi connectivity index (χ4v) is 3.66. The summed E-state index contributed by atoms with van der Waals surface area (Å²) >= 11 is 0. The van der Waals surface area contributed by atoms with Crippen molar-refractivity contribution in [3.8, 4) is 0 Å². The molecule has 1 fully saturated rings. The Hall–Kier alpha value is -0.175. The van der Waals surface area contributed by atoms with Crippen molar-refractivity contribution >= 4 is 7.32 Å². The molecule has 0 saturated carbocycles. The Morgan fingerprint density at radius 2 is 1.26 bits per heavy atom. The third-order valence-electron chi connectivity index (χ3n) is 5.07. The molecule has 27 heavy (non-hydrogen) atoms. The fourth-order valence-electron chi connectivity index (χ4n) is 3.66.